The molecule has 0 aliphatic carbocycles. The van der Waals surface area contributed by atoms with Gasteiger partial charge in [-0.25, -0.2) is 0 Å². The standard InChI is InChI=1S/C13H21BrN2OS/c1-9(2)16-5-6-17-11(8-15-3)12(16)13-10(14)4-7-18-13/h4,7,9,11-12,15H,5-6,8H2,1-3H3. The number of hydrogen-bond donors (Lipinski definition) is 1. The van der Waals surface area contributed by atoms with Gasteiger partial charge in [-0.2, -0.15) is 0 Å². The molecule has 1 fully saturated rings. The van der Waals surface area contributed by atoms with Crippen LogP contribution in [-0.4, -0.2) is 43.8 Å². The Morgan fingerprint density at radius 2 is 2.39 bits per heavy atom. The fraction of sp³-hybridized carbons (Fsp3) is 0.692. The maximum atomic E-state index is 5.97. The first kappa shape index (κ1) is 14.5. The number of hydrogen-bond acceptors (Lipinski definition) is 4. The van der Waals surface area contributed by atoms with Gasteiger partial charge in [-0.1, -0.05) is 0 Å². The number of nitrogens with zero attached hydrogens (tertiary/aromatic N) is 1. The molecule has 102 valence electrons. The maximum Gasteiger partial charge on any atom is 0.0904 e. The summed E-state index contributed by atoms with van der Waals surface area (Å²) in [5.74, 6) is 0. The minimum absolute atomic E-state index is 0.223. The molecule has 0 radical (unpaired) electrons. The Balaban J connectivity index is 2.29. The molecule has 1 N–H and O–H groups in total. The van der Waals surface area contributed by atoms with E-state index >= 15 is 0 Å². The Bertz CT molecular complexity index is 381. The molecule has 1 aromatic heterocycles. The summed E-state index contributed by atoms with van der Waals surface area (Å²) < 4.78 is 7.18. The summed E-state index contributed by atoms with van der Waals surface area (Å²) in [4.78, 5) is 3.92. The van der Waals surface area contributed by atoms with Crippen LogP contribution < -0.4 is 5.32 Å². The van der Waals surface area contributed by atoms with E-state index in [1.54, 1.807) is 0 Å². The quantitative estimate of drug-likeness (QED) is 0.917. The van der Waals surface area contributed by atoms with E-state index in [4.69, 9.17) is 4.74 Å². The Labute approximate surface area is 122 Å². The molecule has 2 unspecified atom stereocenters. The van der Waals surface area contributed by atoms with Crippen molar-refractivity contribution >= 4 is 27.3 Å². The van der Waals surface area contributed by atoms with Gasteiger partial charge in [0.1, 0.15) is 0 Å². The molecule has 0 saturated carbocycles. The first-order valence-electron chi connectivity index (χ1n) is 6.40. The van der Waals surface area contributed by atoms with Crippen LogP contribution in [0.1, 0.15) is 24.8 Å². The molecule has 0 bridgehead atoms. The van der Waals surface area contributed by atoms with E-state index < -0.39 is 0 Å². The molecule has 2 rings (SSSR count). The lowest BCUT2D eigenvalue weighted by Gasteiger charge is -2.43. The van der Waals surface area contributed by atoms with Gasteiger partial charge in [-0.15, -0.1) is 11.3 Å². The largest absolute Gasteiger partial charge is 0.374 e. The lowest BCUT2D eigenvalue weighted by molar-refractivity contribution is -0.0805. The van der Waals surface area contributed by atoms with Crippen molar-refractivity contribution in [2.45, 2.75) is 32.0 Å². The van der Waals surface area contributed by atoms with E-state index in [1.165, 1.54) is 9.35 Å². The summed E-state index contributed by atoms with van der Waals surface area (Å²) in [7, 11) is 1.98. The predicted molar refractivity (Wildman–Crippen MR) is 80.3 cm³/mol. The second-order valence-corrected chi connectivity index (χ2v) is 6.68. The van der Waals surface area contributed by atoms with E-state index in [0.717, 1.165) is 19.7 Å². The Morgan fingerprint density at radius 3 is 2.94 bits per heavy atom. The molecule has 3 nitrogen and oxygen atoms in total. The second kappa shape index (κ2) is 6.48. The number of halogens is 1. The van der Waals surface area contributed by atoms with Crippen LogP contribution in [0.3, 0.4) is 0 Å². The highest BCUT2D eigenvalue weighted by Gasteiger charge is 2.36. The van der Waals surface area contributed by atoms with Gasteiger partial charge < -0.3 is 10.1 Å². The Kier molecular flexibility index (Phi) is 5.21. The summed E-state index contributed by atoms with van der Waals surface area (Å²) >= 11 is 5.48. The Morgan fingerprint density at radius 1 is 1.61 bits per heavy atom. The molecule has 2 heterocycles. The monoisotopic (exact) mass is 332 g/mol. The number of ether oxygens (including phenoxy) is 1. The second-order valence-electron chi connectivity index (χ2n) is 4.88. The lowest BCUT2D eigenvalue weighted by Crippen LogP contribution is -2.50. The number of morpholine rings is 1. The average molecular weight is 333 g/mol. The smallest absolute Gasteiger partial charge is 0.0904 e. The summed E-state index contributed by atoms with van der Waals surface area (Å²) in [5.41, 5.74) is 0. The number of likely N-dealkylation sites (N-methyl/N-ethyl adjacent to an activating group) is 1. The third kappa shape index (κ3) is 2.96. The number of thiophene rings is 1. The first-order chi connectivity index (χ1) is 8.65. The van der Waals surface area contributed by atoms with Crippen LogP contribution in [-0.2, 0) is 4.74 Å². The van der Waals surface area contributed by atoms with Crippen LogP contribution in [0.15, 0.2) is 15.9 Å². The molecule has 1 aromatic rings. The van der Waals surface area contributed by atoms with E-state index in [1.807, 2.05) is 18.4 Å². The molecule has 0 aromatic carbocycles. The predicted octanol–water partition coefficient (Wildman–Crippen LogP) is 2.88. The van der Waals surface area contributed by atoms with E-state index in [0.29, 0.717) is 12.1 Å². The van der Waals surface area contributed by atoms with Crippen molar-refractivity contribution < 1.29 is 4.74 Å². The van der Waals surface area contributed by atoms with Gasteiger partial charge >= 0.3 is 0 Å². The van der Waals surface area contributed by atoms with Crippen molar-refractivity contribution in [3.8, 4) is 0 Å². The fourth-order valence-corrected chi connectivity index (χ4v) is 4.32. The first-order valence-corrected chi connectivity index (χ1v) is 8.07. The third-order valence-corrected chi connectivity index (χ3v) is 5.31. The van der Waals surface area contributed by atoms with Gasteiger partial charge in [0.25, 0.3) is 0 Å². The van der Waals surface area contributed by atoms with Crippen molar-refractivity contribution in [3.63, 3.8) is 0 Å². The van der Waals surface area contributed by atoms with Crippen LogP contribution in [0, 0.1) is 0 Å². The van der Waals surface area contributed by atoms with Crippen LogP contribution >= 0.6 is 27.3 Å². The molecule has 1 aliphatic heterocycles. The minimum Gasteiger partial charge on any atom is -0.374 e. The van der Waals surface area contributed by atoms with Gasteiger partial charge in [-0.05, 0) is 48.3 Å². The molecule has 1 aliphatic rings. The van der Waals surface area contributed by atoms with Crippen molar-refractivity contribution in [3.05, 3.63) is 20.8 Å². The molecular weight excluding hydrogens is 312 g/mol. The fourth-order valence-electron chi connectivity index (χ4n) is 2.54. The summed E-state index contributed by atoms with van der Waals surface area (Å²) in [6.45, 7) is 7.24. The van der Waals surface area contributed by atoms with Gasteiger partial charge in [0.15, 0.2) is 0 Å². The highest BCUT2D eigenvalue weighted by atomic mass is 79.9. The van der Waals surface area contributed by atoms with Gasteiger partial charge in [-0.3, -0.25) is 4.90 Å². The number of nitrogens with one attached hydrogen (secondary N) is 1. The van der Waals surface area contributed by atoms with Crippen LogP contribution in [0.4, 0.5) is 0 Å². The van der Waals surface area contributed by atoms with Crippen LogP contribution in [0.25, 0.3) is 0 Å². The van der Waals surface area contributed by atoms with Gasteiger partial charge in [0.2, 0.25) is 0 Å². The lowest BCUT2D eigenvalue weighted by atomic mass is 10.0. The highest BCUT2D eigenvalue weighted by molar-refractivity contribution is 9.10. The van der Waals surface area contributed by atoms with Crippen molar-refractivity contribution in [2.75, 3.05) is 26.7 Å². The summed E-state index contributed by atoms with van der Waals surface area (Å²) in [6.07, 6.45) is 0.223. The van der Waals surface area contributed by atoms with Crippen molar-refractivity contribution in [2.24, 2.45) is 0 Å². The topological polar surface area (TPSA) is 24.5 Å². The SMILES string of the molecule is CNCC1OCCN(C(C)C)C1c1sccc1Br. The molecule has 0 amide bonds. The molecule has 18 heavy (non-hydrogen) atoms. The third-order valence-electron chi connectivity index (χ3n) is 3.37. The van der Waals surface area contributed by atoms with E-state index in [9.17, 15) is 0 Å². The minimum atomic E-state index is 0.223. The highest BCUT2D eigenvalue weighted by Crippen LogP contribution is 2.38. The van der Waals surface area contributed by atoms with Gasteiger partial charge in [0.05, 0.1) is 18.8 Å². The summed E-state index contributed by atoms with van der Waals surface area (Å²) in [5, 5.41) is 5.39. The number of rotatable bonds is 4. The van der Waals surface area contributed by atoms with Gasteiger partial charge in [0, 0.05) is 28.5 Å². The maximum absolute atomic E-state index is 5.97. The normalized spacial score (nSPS) is 25.8. The zero-order valence-corrected chi connectivity index (χ0v) is 13.6. The van der Waals surface area contributed by atoms with Crippen LogP contribution in [0.2, 0.25) is 0 Å². The van der Waals surface area contributed by atoms with Crippen molar-refractivity contribution in [1.29, 1.82) is 0 Å². The zero-order chi connectivity index (χ0) is 13.1. The van der Waals surface area contributed by atoms with E-state index in [2.05, 4.69) is 51.4 Å². The zero-order valence-electron chi connectivity index (χ0n) is 11.1. The molecule has 1 saturated heterocycles. The Hall–Kier alpha value is 0.0600. The molecule has 2 atom stereocenters. The molecule has 0 spiro atoms. The molecular formula is C13H21BrN2OS. The average Bonchev–Trinajstić information content (AvgIpc) is 2.75. The van der Waals surface area contributed by atoms with Crippen molar-refractivity contribution in [1.82, 2.24) is 10.2 Å². The summed E-state index contributed by atoms with van der Waals surface area (Å²) in [6, 6.07) is 3.01. The molecule has 5 heteroatoms. The van der Waals surface area contributed by atoms with Crippen LogP contribution in [0.5, 0.6) is 0 Å². The van der Waals surface area contributed by atoms with E-state index in [-0.39, 0.29) is 6.10 Å².